The molecular formula is C23H22ClNO3. The van der Waals surface area contributed by atoms with Crippen molar-refractivity contribution in [2.24, 2.45) is 0 Å². The van der Waals surface area contributed by atoms with Crippen LogP contribution in [0.3, 0.4) is 0 Å². The molecule has 0 radical (unpaired) electrons. The molecular weight excluding hydrogens is 374 g/mol. The SMILES string of the molecule is CCOC(=O)c1ccc(NCc2ccccc2OCc2ccc(Cl)cc2)cc1. The summed E-state index contributed by atoms with van der Waals surface area (Å²) in [5.74, 6) is 0.517. The summed E-state index contributed by atoms with van der Waals surface area (Å²) in [7, 11) is 0. The van der Waals surface area contributed by atoms with E-state index in [9.17, 15) is 4.79 Å². The fourth-order valence-corrected chi connectivity index (χ4v) is 2.79. The molecule has 0 amide bonds. The second-order valence-corrected chi connectivity index (χ2v) is 6.61. The van der Waals surface area contributed by atoms with E-state index in [4.69, 9.17) is 21.1 Å². The maximum Gasteiger partial charge on any atom is 0.338 e. The van der Waals surface area contributed by atoms with Gasteiger partial charge in [-0.15, -0.1) is 0 Å². The van der Waals surface area contributed by atoms with E-state index in [1.54, 1.807) is 19.1 Å². The van der Waals surface area contributed by atoms with Crippen LogP contribution in [0.4, 0.5) is 5.69 Å². The Balaban J connectivity index is 1.60. The Bertz CT molecular complexity index is 908. The van der Waals surface area contributed by atoms with Gasteiger partial charge < -0.3 is 14.8 Å². The Morgan fingerprint density at radius 2 is 1.68 bits per heavy atom. The second kappa shape index (κ2) is 9.81. The number of carbonyl (C=O) groups excluding carboxylic acids is 1. The van der Waals surface area contributed by atoms with Gasteiger partial charge in [0.2, 0.25) is 0 Å². The summed E-state index contributed by atoms with van der Waals surface area (Å²) in [5.41, 5.74) is 3.56. The number of rotatable bonds is 8. The Kier molecular flexibility index (Phi) is 6.93. The number of nitrogens with one attached hydrogen (secondary N) is 1. The monoisotopic (exact) mass is 395 g/mol. The maximum absolute atomic E-state index is 11.7. The van der Waals surface area contributed by atoms with Crippen LogP contribution in [0.15, 0.2) is 72.8 Å². The van der Waals surface area contributed by atoms with Gasteiger partial charge in [0.05, 0.1) is 12.2 Å². The zero-order chi connectivity index (χ0) is 19.8. The molecule has 0 bridgehead atoms. The molecule has 28 heavy (non-hydrogen) atoms. The summed E-state index contributed by atoms with van der Waals surface area (Å²) in [6.07, 6.45) is 0. The van der Waals surface area contributed by atoms with Gasteiger partial charge in [0.25, 0.3) is 0 Å². The number of hydrogen-bond donors (Lipinski definition) is 1. The molecule has 0 spiro atoms. The number of carbonyl (C=O) groups is 1. The quantitative estimate of drug-likeness (QED) is 0.496. The summed E-state index contributed by atoms with van der Waals surface area (Å²) in [6.45, 7) is 3.24. The molecule has 0 aliphatic rings. The molecule has 3 aromatic rings. The van der Waals surface area contributed by atoms with Crippen molar-refractivity contribution in [3.8, 4) is 5.75 Å². The number of ether oxygens (including phenoxy) is 2. The number of para-hydroxylation sites is 1. The van der Waals surface area contributed by atoms with Crippen LogP contribution in [0.25, 0.3) is 0 Å². The van der Waals surface area contributed by atoms with Crippen molar-refractivity contribution in [3.63, 3.8) is 0 Å². The molecule has 0 aromatic heterocycles. The minimum absolute atomic E-state index is 0.310. The van der Waals surface area contributed by atoms with Gasteiger partial charge in [-0.3, -0.25) is 0 Å². The molecule has 144 valence electrons. The van der Waals surface area contributed by atoms with E-state index in [0.29, 0.717) is 30.3 Å². The van der Waals surface area contributed by atoms with Crippen molar-refractivity contribution in [2.75, 3.05) is 11.9 Å². The first kappa shape index (κ1) is 19.8. The largest absolute Gasteiger partial charge is 0.489 e. The van der Waals surface area contributed by atoms with Gasteiger partial charge in [-0.05, 0) is 55.0 Å². The molecule has 3 aromatic carbocycles. The minimum Gasteiger partial charge on any atom is -0.489 e. The third-order valence-electron chi connectivity index (χ3n) is 4.16. The molecule has 0 aliphatic carbocycles. The fourth-order valence-electron chi connectivity index (χ4n) is 2.67. The van der Waals surface area contributed by atoms with Gasteiger partial charge in [-0.1, -0.05) is 41.9 Å². The van der Waals surface area contributed by atoms with Gasteiger partial charge in [-0.25, -0.2) is 4.79 Å². The summed E-state index contributed by atoms with van der Waals surface area (Å²) >= 11 is 5.92. The van der Waals surface area contributed by atoms with Crippen LogP contribution in [0.1, 0.15) is 28.4 Å². The van der Waals surface area contributed by atoms with Crippen LogP contribution in [0.2, 0.25) is 5.02 Å². The predicted octanol–water partition coefficient (Wildman–Crippen LogP) is 5.71. The first-order valence-corrected chi connectivity index (χ1v) is 9.49. The van der Waals surface area contributed by atoms with Crippen molar-refractivity contribution in [1.29, 1.82) is 0 Å². The minimum atomic E-state index is -0.310. The average molecular weight is 396 g/mol. The lowest BCUT2D eigenvalue weighted by Crippen LogP contribution is -2.06. The zero-order valence-corrected chi connectivity index (χ0v) is 16.4. The van der Waals surface area contributed by atoms with Gasteiger partial charge >= 0.3 is 5.97 Å². The highest BCUT2D eigenvalue weighted by Gasteiger charge is 2.07. The zero-order valence-electron chi connectivity index (χ0n) is 15.7. The van der Waals surface area contributed by atoms with Crippen molar-refractivity contribution in [2.45, 2.75) is 20.1 Å². The Hall–Kier alpha value is -2.98. The lowest BCUT2D eigenvalue weighted by atomic mass is 10.1. The van der Waals surface area contributed by atoms with E-state index >= 15 is 0 Å². The summed E-state index contributed by atoms with van der Waals surface area (Å²) < 4.78 is 11.0. The molecule has 0 atom stereocenters. The molecule has 5 heteroatoms. The van der Waals surface area contributed by atoms with Crippen molar-refractivity contribution < 1.29 is 14.3 Å². The lowest BCUT2D eigenvalue weighted by molar-refractivity contribution is 0.0526. The van der Waals surface area contributed by atoms with E-state index in [-0.39, 0.29) is 5.97 Å². The number of anilines is 1. The first-order chi connectivity index (χ1) is 13.7. The molecule has 0 saturated heterocycles. The molecule has 0 aliphatic heterocycles. The van der Waals surface area contributed by atoms with E-state index in [1.807, 2.05) is 60.7 Å². The second-order valence-electron chi connectivity index (χ2n) is 6.17. The Morgan fingerprint density at radius 1 is 0.964 bits per heavy atom. The van der Waals surface area contributed by atoms with Crippen LogP contribution in [-0.4, -0.2) is 12.6 Å². The van der Waals surface area contributed by atoms with Crippen molar-refractivity contribution in [3.05, 3.63) is 94.5 Å². The molecule has 1 N–H and O–H groups in total. The number of esters is 1. The van der Waals surface area contributed by atoms with Crippen LogP contribution >= 0.6 is 11.6 Å². The van der Waals surface area contributed by atoms with Gasteiger partial charge in [0.1, 0.15) is 12.4 Å². The van der Waals surface area contributed by atoms with Gasteiger partial charge in [0, 0.05) is 22.8 Å². The molecule has 4 nitrogen and oxygen atoms in total. The molecule has 0 fully saturated rings. The smallest absolute Gasteiger partial charge is 0.338 e. The molecule has 3 rings (SSSR count). The topological polar surface area (TPSA) is 47.6 Å². The average Bonchev–Trinajstić information content (AvgIpc) is 2.73. The Labute approximate surface area is 170 Å². The number of hydrogen-bond acceptors (Lipinski definition) is 4. The van der Waals surface area contributed by atoms with Gasteiger partial charge in [0.15, 0.2) is 0 Å². The molecule has 0 heterocycles. The van der Waals surface area contributed by atoms with Crippen molar-refractivity contribution in [1.82, 2.24) is 0 Å². The fraction of sp³-hybridized carbons (Fsp3) is 0.174. The molecule has 0 unspecified atom stereocenters. The highest BCUT2D eigenvalue weighted by atomic mass is 35.5. The standard InChI is InChI=1S/C23H22ClNO3/c1-2-27-23(26)18-9-13-21(14-10-18)25-15-19-5-3-4-6-22(19)28-16-17-7-11-20(24)12-8-17/h3-14,25H,2,15-16H2,1H3. The van der Waals surface area contributed by atoms with E-state index in [2.05, 4.69) is 5.32 Å². The number of benzene rings is 3. The Morgan fingerprint density at radius 3 is 2.39 bits per heavy atom. The van der Waals surface area contributed by atoms with E-state index in [1.165, 1.54) is 0 Å². The highest BCUT2D eigenvalue weighted by molar-refractivity contribution is 6.30. The van der Waals surface area contributed by atoms with Crippen LogP contribution in [0.5, 0.6) is 5.75 Å². The first-order valence-electron chi connectivity index (χ1n) is 9.12. The van der Waals surface area contributed by atoms with Crippen molar-refractivity contribution >= 4 is 23.3 Å². The summed E-state index contributed by atoms with van der Waals surface area (Å²) in [6, 6.07) is 22.8. The normalized spacial score (nSPS) is 10.4. The summed E-state index contributed by atoms with van der Waals surface area (Å²) in [4.78, 5) is 11.7. The van der Waals surface area contributed by atoms with Crippen LogP contribution in [0, 0.1) is 0 Å². The van der Waals surface area contributed by atoms with Crippen LogP contribution in [-0.2, 0) is 17.9 Å². The van der Waals surface area contributed by atoms with E-state index in [0.717, 1.165) is 22.6 Å². The summed E-state index contributed by atoms with van der Waals surface area (Å²) in [5, 5.41) is 4.07. The molecule has 0 saturated carbocycles. The predicted molar refractivity (Wildman–Crippen MR) is 112 cm³/mol. The van der Waals surface area contributed by atoms with Gasteiger partial charge in [-0.2, -0.15) is 0 Å². The number of halogens is 1. The maximum atomic E-state index is 11.7. The third-order valence-corrected chi connectivity index (χ3v) is 4.41. The third kappa shape index (κ3) is 5.51. The lowest BCUT2D eigenvalue weighted by Gasteiger charge is -2.13. The van der Waals surface area contributed by atoms with Crippen LogP contribution < -0.4 is 10.1 Å². The highest BCUT2D eigenvalue weighted by Crippen LogP contribution is 2.21. The van der Waals surface area contributed by atoms with E-state index < -0.39 is 0 Å².